The van der Waals surface area contributed by atoms with Gasteiger partial charge in [0.2, 0.25) is 10.0 Å². The zero-order valence-electron chi connectivity index (χ0n) is 11.3. The molecule has 0 aromatic heterocycles. The Morgan fingerprint density at radius 3 is 2.47 bits per heavy atom. The summed E-state index contributed by atoms with van der Waals surface area (Å²) in [6.07, 6.45) is 1.67. The van der Waals surface area contributed by atoms with Gasteiger partial charge in [-0.3, -0.25) is 0 Å². The molecular formula is C13H20N2O3S. The van der Waals surface area contributed by atoms with Crippen LogP contribution in [0.2, 0.25) is 0 Å². The van der Waals surface area contributed by atoms with Crippen molar-refractivity contribution in [3.8, 4) is 0 Å². The first-order valence-corrected chi connectivity index (χ1v) is 7.83. The van der Waals surface area contributed by atoms with Crippen molar-refractivity contribution in [3.63, 3.8) is 0 Å². The summed E-state index contributed by atoms with van der Waals surface area (Å²) in [5, 5.41) is 2.96. The summed E-state index contributed by atoms with van der Waals surface area (Å²) < 4.78 is 32.8. The molecule has 0 saturated carbocycles. The third-order valence-corrected chi connectivity index (χ3v) is 4.93. The minimum absolute atomic E-state index is 0.276. The molecule has 1 atom stereocenters. The van der Waals surface area contributed by atoms with Gasteiger partial charge in [0, 0.05) is 19.3 Å². The second kappa shape index (κ2) is 5.48. The molecule has 0 aliphatic carbocycles. The van der Waals surface area contributed by atoms with Gasteiger partial charge in [0.1, 0.15) is 0 Å². The molecule has 0 bridgehead atoms. The van der Waals surface area contributed by atoms with E-state index < -0.39 is 15.6 Å². The summed E-state index contributed by atoms with van der Waals surface area (Å²) in [5.41, 5.74) is 0.366. The lowest BCUT2D eigenvalue weighted by Gasteiger charge is -2.33. The third kappa shape index (κ3) is 3.46. The molecule has 1 aliphatic heterocycles. The van der Waals surface area contributed by atoms with Crippen LogP contribution in [0.25, 0.3) is 0 Å². The van der Waals surface area contributed by atoms with Crippen molar-refractivity contribution in [1.29, 1.82) is 0 Å². The molecular weight excluding hydrogens is 264 g/mol. The standard InChI is InChI=1S/C13H20N2O3S/c1-13(8-3-9-18-10-13)15-19(16,17)12-6-4-11(14-2)5-7-12/h4-7,14-15H,3,8-10H2,1-2H3. The van der Waals surface area contributed by atoms with Crippen molar-refractivity contribution in [3.05, 3.63) is 24.3 Å². The summed E-state index contributed by atoms with van der Waals surface area (Å²) >= 11 is 0. The maximum Gasteiger partial charge on any atom is 0.241 e. The van der Waals surface area contributed by atoms with Crippen molar-refractivity contribution in [2.75, 3.05) is 25.6 Å². The number of hydrogen-bond acceptors (Lipinski definition) is 4. The molecule has 2 N–H and O–H groups in total. The minimum Gasteiger partial charge on any atom is -0.388 e. The molecule has 1 heterocycles. The average Bonchev–Trinajstić information content (AvgIpc) is 2.38. The lowest BCUT2D eigenvalue weighted by Crippen LogP contribution is -2.51. The topological polar surface area (TPSA) is 67.4 Å². The molecule has 1 aromatic rings. The van der Waals surface area contributed by atoms with Crippen molar-refractivity contribution in [1.82, 2.24) is 4.72 Å². The first-order chi connectivity index (χ1) is 8.95. The van der Waals surface area contributed by atoms with Gasteiger partial charge in [-0.15, -0.1) is 0 Å². The second-order valence-corrected chi connectivity index (χ2v) is 6.78. The molecule has 6 heteroatoms. The highest BCUT2D eigenvalue weighted by atomic mass is 32.2. The molecule has 5 nitrogen and oxygen atoms in total. The van der Waals surface area contributed by atoms with E-state index in [0.717, 1.165) is 18.5 Å². The highest BCUT2D eigenvalue weighted by Gasteiger charge is 2.32. The monoisotopic (exact) mass is 284 g/mol. The van der Waals surface area contributed by atoms with Crippen LogP contribution in [0.1, 0.15) is 19.8 Å². The van der Waals surface area contributed by atoms with Gasteiger partial charge in [-0.05, 0) is 44.0 Å². The van der Waals surface area contributed by atoms with E-state index in [-0.39, 0.29) is 4.90 Å². The smallest absolute Gasteiger partial charge is 0.241 e. The molecule has 19 heavy (non-hydrogen) atoms. The van der Waals surface area contributed by atoms with Gasteiger partial charge in [-0.2, -0.15) is 0 Å². The molecule has 0 amide bonds. The van der Waals surface area contributed by atoms with E-state index in [0.29, 0.717) is 13.2 Å². The Hall–Kier alpha value is -1.11. The molecule has 0 radical (unpaired) electrons. The quantitative estimate of drug-likeness (QED) is 0.881. The van der Waals surface area contributed by atoms with E-state index in [9.17, 15) is 8.42 Å². The van der Waals surface area contributed by atoms with E-state index in [4.69, 9.17) is 4.74 Å². The van der Waals surface area contributed by atoms with E-state index in [2.05, 4.69) is 10.0 Å². The van der Waals surface area contributed by atoms with Crippen LogP contribution in [-0.2, 0) is 14.8 Å². The van der Waals surface area contributed by atoms with Gasteiger partial charge in [-0.25, -0.2) is 13.1 Å². The number of benzene rings is 1. The van der Waals surface area contributed by atoms with E-state index in [1.165, 1.54) is 0 Å². The summed E-state index contributed by atoms with van der Waals surface area (Å²) in [6.45, 7) is 3.00. The zero-order chi connectivity index (χ0) is 13.9. The Morgan fingerprint density at radius 2 is 1.95 bits per heavy atom. The second-order valence-electron chi connectivity index (χ2n) is 5.10. The number of ether oxygens (including phenoxy) is 1. The van der Waals surface area contributed by atoms with Gasteiger partial charge in [0.15, 0.2) is 0 Å². The Bertz CT molecular complexity index is 519. The largest absolute Gasteiger partial charge is 0.388 e. The molecule has 1 aliphatic rings. The fourth-order valence-electron chi connectivity index (χ4n) is 2.20. The maximum absolute atomic E-state index is 12.3. The van der Waals surface area contributed by atoms with Gasteiger partial charge in [0.25, 0.3) is 0 Å². The van der Waals surface area contributed by atoms with E-state index in [1.807, 2.05) is 6.92 Å². The summed E-state index contributed by atoms with van der Waals surface area (Å²) in [4.78, 5) is 0.276. The minimum atomic E-state index is -3.50. The fourth-order valence-corrected chi connectivity index (χ4v) is 3.62. The Balaban J connectivity index is 2.17. The van der Waals surface area contributed by atoms with Gasteiger partial charge >= 0.3 is 0 Å². The first-order valence-electron chi connectivity index (χ1n) is 6.35. The number of nitrogens with one attached hydrogen (secondary N) is 2. The van der Waals surface area contributed by atoms with E-state index >= 15 is 0 Å². The lowest BCUT2D eigenvalue weighted by molar-refractivity contribution is 0.0386. The molecule has 1 unspecified atom stereocenters. The molecule has 1 saturated heterocycles. The molecule has 106 valence electrons. The van der Waals surface area contributed by atoms with Crippen molar-refractivity contribution >= 4 is 15.7 Å². The number of sulfonamides is 1. The van der Waals surface area contributed by atoms with Crippen LogP contribution in [0.3, 0.4) is 0 Å². The Morgan fingerprint density at radius 1 is 1.26 bits per heavy atom. The average molecular weight is 284 g/mol. The fraction of sp³-hybridized carbons (Fsp3) is 0.538. The van der Waals surface area contributed by atoms with Crippen LogP contribution in [0, 0.1) is 0 Å². The van der Waals surface area contributed by atoms with Gasteiger partial charge in [0.05, 0.1) is 17.0 Å². The molecule has 1 fully saturated rings. The predicted molar refractivity (Wildman–Crippen MR) is 74.8 cm³/mol. The number of rotatable bonds is 4. The summed E-state index contributed by atoms with van der Waals surface area (Å²) in [6, 6.07) is 6.69. The normalized spacial score (nSPS) is 24.1. The predicted octanol–water partition coefficient (Wildman–Crippen LogP) is 1.58. The Kier molecular flexibility index (Phi) is 4.13. The van der Waals surface area contributed by atoms with Gasteiger partial charge in [-0.1, -0.05) is 0 Å². The number of hydrogen-bond donors (Lipinski definition) is 2. The Labute approximate surface area is 114 Å². The van der Waals surface area contributed by atoms with Crippen LogP contribution in [0.5, 0.6) is 0 Å². The highest BCUT2D eigenvalue weighted by molar-refractivity contribution is 7.89. The van der Waals surface area contributed by atoms with Crippen molar-refractivity contribution in [2.24, 2.45) is 0 Å². The van der Waals surface area contributed by atoms with Crippen LogP contribution in [0.15, 0.2) is 29.2 Å². The third-order valence-electron chi connectivity index (χ3n) is 3.27. The molecule has 1 aromatic carbocycles. The van der Waals surface area contributed by atoms with Crippen LogP contribution >= 0.6 is 0 Å². The number of anilines is 1. The van der Waals surface area contributed by atoms with E-state index in [1.54, 1.807) is 31.3 Å². The van der Waals surface area contributed by atoms with Crippen molar-refractivity contribution < 1.29 is 13.2 Å². The van der Waals surface area contributed by atoms with Crippen LogP contribution in [-0.4, -0.2) is 34.2 Å². The lowest BCUT2D eigenvalue weighted by atomic mass is 9.97. The highest BCUT2D eigenvalue weighted by Crippen LogP contribution is 2.22. The maximum atomic E-state index is 12.3. The van der Waals surface area contributed by atoms with Gasteiger partial charge < -0.3 is 10.1 Å². The first kappa shape index (κ1) is 14.3. The molecule has 2 rings (SSSR count). The van der Waals surface area contributed by atoms with Crippen LogP contribution in [0.4, 0.5) is 5.69 Å². The summed E-state index contributed by atoms with van der Waals surface area (Å²) in [7, 11) is -1.71. The zero-order valence-corrected chi connectivity index (χ0v) is 12.1. The summed E-state index contributed by atoms with van der Waals surface area (Å²) in [5.74, 6) is 0. The SMILES string of the molecule is CNc1ccc(S(=O)(=O)NC2(C)CCCOC2)cc1. The van der Waals surface area contributed by atoms with Crippen molar-refractivity contribution in [2.45, 2.75) is 30.2 Å². The molecule has 0 spiro atoms. The van der Waals surface area contributed by atoms with Crippen LogP contribution < -0.4 is 10.0 Å².